The van der Waals surface area contributed by atoms with Crippen LogP contribution in [-0.2, 0) is 11.8 Å². The second kappa shape index (κ2) is 4.35. The Balaban J connectivity index is 1.99. The summed E-state index contributed by atoms with van der Waals surface area (Å²) in [6, 6.07) is 2.00. The number of amides is 1. The van der Waals surface area contributed by atoms with Crippen LogP contribution in [0.15, 0.2) is 6.20 Å². The van der Waals surface area contributed by atoms with Crippen LogP contribution in [0.5, 0.6) is 0 Å². The summed E-state index contributed by atoms with van der Waals surface area (Å²) in [5, 5.41) is 15.5. The van der Waals surface area contributed by atoms with E-state index in [1.165, 1.54) is 17.3 Å². The number of nitrogens with one attached hydrogen (secondary N) is 1. The average molecular weight is 218 g/mol. The maximum Gasteiger partial charge on any atom is 0.225 e. The fraction of sp³-hybridized carbons (Fsp3) is 0.545. The number of rotatable bonds is 3. The molecule has 1 aromatic heterocycles. The van der Waals surface area contributed by atoms with Gasteiger partial charge in [-0.05, 0) is 18.8 Å². The van der Waals surface area contributed by atoms with Gasteiger partial charge in [0.2, 0.25) is 5.91 Å². The third-order valence-electron chi connectivity index (χ3n) is 3.02. The number of nitrogens with zero attached hydrogens (tertiary/aromatic N) is 3. The fourth-order valence-corrected chi connectivity index (χ4v) is 1.81. The Morgan fingerprint density at radius 2 is 2.50 bits per heavy atom. The van der Waals surface area contributed by atoms with E-state index in [0.717, 1.165) is 12.8 Å². The predicted octanol–water partition coefficient (Wildman–Crippen LogP) is 1.42. The SMILES string of the molecule is Cn1ncc(C#N)c1NC(=O)CC1CCC1. The number of carbonyl (C=O) groups is 1. The Morgan fingerprint density at radius 3 is 3.06 bits per heavy atom. The van der Waals surface area contributed by atoms with Crippen molar-refractivity contribution in [2.24, 2.45) is 13.0 Å². The number of hydrogen-bond acceptors (Lipinski definition) is 3. The summed E-state index contributed by atoms with van der Waals surface area (Å²) in [6.45, 7) is 0. The third kappa shape index (κ3) is 2.06. The molecular weight excluding hydrogens is 204 g/mol. The number of carbonyl (C=O) groups excluding carboxylic acids is 1. The highest BCUT2D eigenvalue weighted by atomic mass is 16.1. The summed E-state index contributed by atoms with van der Waals surface area (Å²) >= 11 is 0. The van der Waals surface area contributed by atoms with Crippen molar-refractivity contribution in [3.05, 3.63) is 11.8 Å². The minimum absolute atomic E-state index is 0.0233. The molecule has 1 N–H and O–H groups in total. The summed E-state index contributed by atoms with van der Waals surface area (Å²) in [4.78, 5) is 11.7. The monoisotopic (exact) mass is 218 g/mol. The fourth-order valence-electron chi connectivity index (χ4n) is 1.81. The van der Waals surface area contributed by atoms with E-state index in [9.17, 15) is 4.79 Å². The van der Waals surface area contributed by atoms with Crippen molar-refractivity contribution in [2.75, 3.05) is 5.32 Å². The average Bonchev–Trinajstić information content (AvgIpc) is 2.54. The van der Waals surface area contributed by atoms with Crippen LogP contribution in [0.2, 0.25) is 0 Å². The standard InChI is InChI=1S/C11H14N4O/c1-15-11(9(6-12)7-13-15)14-10(16)5-8-3-2-4-8/h7-8H,2-5H2,1H3,(H,14,16). The lowest BCUT2D eigenvalue weighted by Crippen LogP contribution is -2.22. The smallest absolute Gasteiger partial charge is 0.225 e. The third-order valence-corrected chi connectivity index (χ3v) is 3.02. The summed E-state index contributed by atoms with van der Waals surface area (Å²) in [7, 11) is 1.71. The first-order valence-electron chi connectivity index (χ1n) is 5.42. The first-order valence-corrected chi connectivity index (χ1v) is 5.42. The Labute approximate surface area is 94.1 Å². The Morgan fingerprint density at radius 1 is 1.75 bits per heavy atom. The van der Waals surface area contributed by atoms with Gasteiger partial charge in [-0.25, -0.2) is 0 Å². The van der Waals surface area contributed by atoms with Crippen molar-refractivity contribution in [1.82, 2.24) is 9.78 Å². The summed E-state index contributed by atoms with van der Waals surface area (Å²) < 4.78 is 1.51. The molecule has 1 aromatic rings. The van der Waals surface area contributed by atoms with E-state index in [-0.39, 0.29) is 5.91 Å². The van der Waals surface area contributed by atoms with Crippen molar-refractivity contribution in [3.8, 4) is 6.07 Å². The molecule has 5 nitrogen and oxygen atoms in total. The molecule has 5 heteroatoms. The zero-order valence-corrected chi connectivity index (χ0v) is 9.23. The van der Waals surface area contributed by atoms with Gasteiger partial charge >= 0.3 is 0 Å². The maximum absolute atomic E-state index is 11.7. The van der Waals surface area contributed by atoms with E-state index in [2.05, 4.69) is 10.4 Å². The maximum atomic E-state index is 11.7. The molecule has 1 amide bonds. The van der Waals surface area contributed by atoms with Gasteiger partial charge in [0.05, 0.1) is 6.20 Å². The van der Waals surface area contributed by atoms with Crippen LogP contribution in [-0.4, -0.2) is 15.7 Å². The van der Waals surface area contributed by atoms with E-state index in [1.54, 1.807) is 7.05 Å². The first kappa shape index (κ1) is 10.7. The van der Waals surface area contributed by atoms with Crippen molar-refractivity contribution < 1.29 is 4.79 Å². The van der Waals surface area contributed by atoms with E-state index in [4.69, 9.17) is 5.26 Å². The Kier molecular flexibility index (Phi) is 2.91. The topological polar surface area (TPSA) is 70.7 Å². The van der Waals surface area contributed by atoms with Gasteiger partial charge in [-0.15, -0.1) is 0 Å². The minimum Gasteiger partial charge on any atom is -0.310 e. The van der Waals surface area contributed by atoms with E-state index in [1.807, 2.05) is 6.07 Å². The van der Waals surface area contributed by atoms with Crippen molar-refractivity contribution in [1.29, 1.82) is 5.26 Å². The molecule has 1 aliphatic carbocycles. The zero-order chi connectivity index (χ0) is 11.5. The quantitative estimate of drug-likeness (QED) is 0.834. The highest BCUT2D eigenvalue weighted by molar-refractivity contribution is 5.91. The van der Waals surface area contributed by atoms with Gasteiger partial charge in [0.1, 0.15) is 17.5 Å². The minimum atomic E-state index is -0.0233. The van der Waals surface area contributed by atoms with E-state index in [0.29, 0.717) is 23.7 Å². The van der Waals surface area contributed by atoms with Gasteiger partial charge in [0.15, 0.2) is 0 Å². The van der Waals surface area contributed by atoms with Gasteiger partial charge in [-0.2, -0.15) is 10.4 Å². The molecule has 0 bridgehead atoms. The van der Waals surface area contributed by atoms with Crippen LogP contribution < -0.4 is 5.32 Å². The van der Waals surface area contributed by atoms with Crippen LogP contribution in [0.25, 0.3) is 0 Å². The molecule has 84 valence electrons. The number of nitriles is 1. The summed E-state index contributed by atoms with van der Waals surface area (Å²) in [6.07, 6.45) is 5.52. The first-order chi connectivity index (χ1) is 7.70. The molecule has 1 heterocycles. The zero-order valence-electron chi connectivity index (χ0n) is 9.23. The Bertz CT molecular complexity index is 439. The van der Waals surface area contributed by atoms with Crippen LogP contribution >= 0.6 is 0 Å². The van der Waals surface area contributed by atoms with E-state index < -0.39 is 0 Å². The van der Waals surface area contributed by atoms with E-state index >= 15 is 0 Å². The highest BCUT2D eigenvalue weighted by Crippen LogP contribution is 2.29. The normalized spacial score (nSPS) is 15.2. The number of aryl methyl sites for hydroxylation is 1. The molecule has 0 radical (unpaired) electrons. The summed E-state index contributed by atoms with van der Waals surface area (Å²) in [5.74, 6) is 0.996. The molecule has 0 atom stereocenters. The van der Waals surface area contributed by atoms with Gasteiger partial charge in [0, 0.05) is 13.5 Å². The molecule has 1 saturated carbocycles. The van der Waals surface area contributed by atoms with Gasteiger partial charge in [0.25, 0.3) is 0 Å². The lowest BCUT2D eigenvalue weighted by molar-refractivity contribution is -0.117. The predicted molar refractivity (Wildman–Crippen MR) is 58.5 cm³/mol. The molecule has 0 aliphatic heterocycles. The Hall–Kier alpha value is -1.83. The molecule has 2 rings (SSSR count). The van der Waals surface area contributed by atoms with Crippen LogP contribution in [0.3, 0.4) is 0 Å². The van der Waals surface area contributed by atoms with Crippen molar-refractivity contribution >= 4 is 11.7 Å². The van der Waals surface area contributed by atoms with Crippen LogP contribution in [0.4, 0.5) is 5.82 Å². The highest BCUT2D eigenvalue weighted by Gasteiger charge is 2.21. The molecule has 16 heavy (non-hydrogen) atoms. The number of hydrogen-bond donors (Lipinski definition) is 1. The molecule has 1 fully saturated rings. The van der Waals surface area contributed by atoms with Crippen molar-refractivity contribution in [3.63, 3.8) is 0 Å². The van der Waals surface area contributed by atoms with Crippen molar-refractivity contribution in [2.45, 2.75) is 25.7 Å². The second-order valence-electron chi connectivity index (χ2n) is 4.19. The molecular formula is C11H14N4O. The molecule has 0 unspecified atom stereocenters. The molecule has 0 saturated heterocycles. The van der Waals surface area contributed by atoms with Gasteiger partial charge < -0.3 is 5.32 Å². The molecule has 1 aliphatic rings. The lowest BCUT2D eigenvalue weighted by atomic mass is 9.83. The largest absolute Gasteiger partial charge is 0.310 e. The number of aromatic nitrogens is 2. The number of anilines is 1. The second-order valence-corrected chi connectivity index (χ2v) is 4.19. The van der Waals surface area contributed by atoms with Crippen LogP contribution in [0.1, 0.15) is 31.2 Å². The van der Waals surface area contributed by atoms with Gasteiger partial charge in [-0.3, -0.25) is 9.48 Å². The lowest BCUT2D eigenvalue weighted by Gasteiger charge is -2.24. The van der Waals surface area contributed by atoms with Gasteiger partial charge in [-0.1, -0.05) is 6.42 Å². The summed E-state index contributed by atoms with van der Waals surface area (Å²) in [5.41, 5.74) is 0.407. The molecule has 0 aromatic carbocycles. The molecule has 0 spiro atoms. The van der Waals surface area contributed by atoms with Crippen LogP contribution in [0, 0.1) is 17.2 Å².